The minimum absolute atomic E-state index is 0.0352. The van der Waals surface area contributed by atoms with Gasteiger partial charge < -0.3 is 5.32 Å². The number of hydrogen-bond acceptors (Lipinski definition) is 4. The second-order valence-corrected chi connectivity index (χ2v) is 10.0. The fourth-order valence-electron chi connectivity index (χ4n) is 5.14. The van der Waals surface area contributed by atoms with Crippen molar-refractivity contribution in [2.75, 3.05) is 0 Å². The maximum absolute atomic E-state index is 13.7. The number of fused-ring (bicyclic) bond motifs is 1. The normalized spacial score (nSPS) is 18.0. The molecule has 0 aliphatic heterocycles. The molecule has 0 radical (unpaired) electrons. The first-order chi connectivity index (χ1) is 18.1. The van der Waals surface area contributed by atoms with Gasteiger partial charge in [-0.05, 0) is 68.9 Å². The van der Waals surface area contributed by atoms with Crippen LogP contribution in [0.2, 0.25) is 5.02 Å². The standard InChI is InChI=1S/C27H25ClF3N5O2/c1-16-20(13-18(28)14-33-16)25(37)34-19-10-8-17(9-11-19)15-35-24-23(7-4-12-32-24)36(26(35)38)22-6-3-2-5-21(22)27(29,30)31/h2-7,12-14,17,19H,8-11,15H2,1H3,(H,34,37). The SMILES string of the molecule is Cc1ncc(Cl)cc1C(=O)NC1CCC(Cn2c(=O)n(-c3ccccc3C(F)(F)F)c3cccnc32)CC1. The molecule has 0 atom stereocenters. The van der Waals surface area contributed by atoms with Crippen LogP contribution in [0.5, 0.6) is 0 Å². The molecule has 0 unspecified atom stereocenters. The van der Waals surface area contributed by atoms with Crippen LogP contribution in [0.4, 0.5) is 13.2 Å². The summed E-state index contributed by atoms with van der Waals surface area (Å²) in [6.07, 6.45) is 1.30. The molecule has 1 amide bonds. The maximum Gasteiger partial charge on any atom is 0.418 e. The van der Waals surface area contributed by atoms with Crippen molar-refractivity contribution in [2.45, 2.75) is 51.4 Å². The Morgan fingerprint density at radius 2 is 1.84 bits per heavy atom. The number of aromatic nitrogens is 4. The molecular formula is C27H25ClF3N5O2. The van der Waals surface area contributed by atoms with E-state index in [1.807, 2.05) is 0 Å². The summed E-state index contributed by atoms with van der Waals surface area (Å²) < 4.78 is 43.8. The summed E-state index contributed by atoms with van der Waals surface area (Å²) in [7, 11) is 0. The minimum atomic E-state index is -4.62. The first-order valence-corrected chi connectivity index (χ1v) is 12.7. The lowest BCUT2D eigenvalue weighted by Gasteiger charge is -2.29. The Morgan fingerprint density at radius 3 is 2.58 bits per heavy atom. The Balaban J connectivity index is 1.35. The molecule has 0 bridgehead atoms. The van der Waals surface area contributed by atoms with Crippen molar-refractivity contribution in [1.82, 2.24) is 24.4 Å². The van der Waals surface area contributed by atoms with E-state index in [9.17, 15) is 22.8 Å². The van der Waals surface area contributed by atoms with Gasteiger partial charge in [0.25, 0.3) is 5.91 Å². The smallest absolute Gasteiger partial charge is 0.349 e. The molecule has 3 aromatic heterocycles. The van der Waals surface area contributed by atoms with Gasteiger partial charge in [0.15, 0.2) is 5.65 Å². The van der Waals surface area contributed by atoms with Crippen LogP contribution in [0.1, 0.15) is 47.3 Å². The summed E-state index contributed by atoms with van der Waals surface area (Å²) in [6, 6.07) is 9.81. The summed E-state index contributed by atoms with van der Waals surface area (Å²) >= 11 is 5.99. The monoisotopic (exact) mass is 543 g/mol. The lowest BCUT2D eigenvalue weighted by Crippen LogP contribution is -2.39. The number of imidazole rings is 1. The average Bonchev–Trinajstić information content (AvgIpc) is 3.17. The Labute approximate surface area is 221 Å². The number of amides is 1. The summed E-state index contributed by atoms with van der Waals surface area (Å²) in [5.74, 6) is -0.123. The number of alkyl halides is 3. The molecule has 1 N–H and O–H groups in total. The number of benzene rings is 1. The fourth-order valence-corrected chi connectivity index (χ4v) is 5.30. The van der Waals surface area contributed by atoms with Crippen molar-refractivity contribution in [3.8, 4) is 5.69 Å². The molecule has 1 saturated carbocycles. The van der Waals surface area contributed by atoms with Crippen LogP contribution < -0.4 is 11.0 Å². The first-order valence-electron chi connectivity index (χ1n) is 12.3. The van der Waals surface area contributed by atoms with Crippen LogP contribution in [0, 0.1) is 12.8 Å². The average molecular weight is 544 g/mol. The zero-order valence-corrected chi connectivity index (χ0v) is 21.3. The lowest BCUT2D eigenvalue weighted by molar-refractivity contribution is -0.137. The van der Waals surface area contributed by atoms with Crippen LogP contribution in [-0.2, 0) is 12.7 Å². The number of rotatable bonds is 5. The minimum Gasteiger partial charge on any atom is -0.349 e. The molecule has 7 nitrogen and oxygen atoms in total. The van der Waals surface area contributed by atoms with Gasteiger partial charge in [-0.3, -0.25) is 18.9 Å². The van der Waals surface area contributed by atoms with Gasteiger partial charge in [0.05, 0.1) is 33.0 Å². The van der Waals surface area contributed by atoms with E-state index in [-0.39, 0.29) is 23.6 Å². The number of aryl methyl sites for hydroxylation is 1. The van der Waals surface area contributed by atoms with Crippen LogP contribution in [0.15, 0.2) is 59.7 Å². The topological polar surface area (TPSA) is 81.8 Å². The summed E-state index contributed by atoms with van der Waals surface area (Å²) in [5.41, 5.74) is 0.0229. The van der Waals surface area contributed by atoms with Gasteiger partial charge in [0.2, 0.25) is 0 Å². The van der Waals surface area contributed by atoms with Crippen LogP contribution in [0.25, 0.3) is 16.9 Å². The van der Waals surface area contributed by atoms with Crippen LogP contribution in [-0.4, -0.2) is 31.1 Å². The number of hydrogen-bond donors (Lipinski definition) is 1. The number of carbonyl (C=O) groups is 1. The number of nitrogens with zero attached hydrogens (tertiary/aromatic N) is 4. The molecular weight excluding hydrogens is 519 g/mol. The zero-order valence-electron chi connectivity index (χ0n) is 20.5. The molecule has 198 valence electrons. The molecule has 0 saturated heterocycles. The highest BCUT2D eigenvalue weighted by Gasteiger charge is 2.35. The number of carbonyl (C=O) groups excluding carboxylic acids is 1. The van der Waals surface area contributed by atoms with Crippen molar-refractivity contribution in [1.29, 1.82) is 0 Å². The highest BCUT2D eigenvalue weighted by Crippen LogP contribution is 2.34. The highest BCUT2D eigenvalue weighted by atomic mass is 35.5. The van der Waals surface area contributed by atoms with Crippen molar-refractivity contribution in [3.63, 3.8) is 0 Å². The summed E-state index contributed by atoms with van der Waals surface area (Å²) in [4.78, 5) is 34.7. The van der Waals surface area contributed by atoms with Gasteiger partial charge in [-0.15, -0.1) is 0 Å². The van der Waals surface area contributed by atoms with E-state index in [2.05, 4.69) is 15.3 Å². The number of para-hydroxylation sites is 1. The van der Waals surface area contributed by atoms with E-state index in [0.29, 0.717) is 46.8 Å². The van der Waals surface area contributed by atoms with E-state index in [4.69, 9.17) is 11.6 Å². The van der Waals surface area contributed by atoms with E-state index < -0.39 is 17.4 Å². The van der Waals surface area contributed by atoms with Crippen molar-refractivity contribution >= 4 is 28.7 Å². The molecule has 38 heavy (non-hydrogen) atoms. The molecule has 1 aromatic carbocycles. The molecule has 1 aliphatic rings. The predicted molar refractivity (Wildman–Crippen MR) is 138 cm³/mol. The maximum atomic E-state index is 13.7. The number of nitrogens with one attached hydrogen (secondary N) is 1. The summed E-state index contributed by atoms with van der Waals surface area (Å²) in [5, 5.41) is 3.43. The molecule has 0 spiro atoms. The lowest BCUT2D eigenvalue weighted by atomic mass is 9.86. The highest BCUT2D eigenvalue weighted by molar-refractivity contribution is 6.30. The van der Waals surface area contributed by atoms with Crippen LogP contribution >= 0.6 is 11.6 Å². The Hall–Kier alpha value is -3.66. The predicted octanol–water partition coefficient (Wildman–Crippen LogP) is 5.55. The molecule has 4 aromatic rings. The van der Waals surface area contributed by atoms with Gasteiger partial charge in [0.1, 0.15) is 0 Å². The second-order valence-electron chi connectivity index (χ2n) is 9.57. The largest absolute Gasteiger partial charge is 0.418 e. The Morgan fingerprint density at radius 1 is 1.11 bits per heavy atom. The third-order valence-corrected chi connectivity index (χ3v) is 7.26. The number of pyridine rings is 2. The second kappa shape index (κ2) is 10.2. The molecule has 1 fully saturated rings. The Bertz CT molecular complexity index is 1550. The van der Waals surface area contributed by atoms with E-state index >= 15 is 0 Å². The van der Waals surface area contributed by atoms with E-state index in [1.165, 1.54) is 35.2 Å². The van der Waals surface area contributed by atoms with E-state index in [0.717, 1.165) is 23.5 Å². The number of halogens is 4. The van der Waals surface area contributed by atoms with Gasteiger partial charge in [-0.1, -0.05) is 23.7 Å². The quantitative estimate of drug-likeness (QED) is 0.358. The fraction of sp³-hybridized carbons (Fsp3) is 0.333. The molecule has 11 heteroatoms. The first kappa shape index (κ1) is 26.0. The van der Waals surface area contributed by atoms with Crippen molar-refractivity contribution in [2.24, 2.45) is 5.92 Å². The van der Waals surface area contributed by atoms with E-state index in [1.54, 1.807) is 25.1 Å². The van der Waals surface area contributed by atoms with Gasteiger partial charge in [-0.25, -0.2) is 9.78 Å². The molecule has 5 rings (SSSR count). The third kappa shape index (κ3) is 5.05. The third-order valence-electron chi connectivity index (χ3n) is 7.06. The Kier molecular flexibility index (Phi) is 7.00. The van der Waals surface area contributed by atoms with Gasteiger partial charge in [-0.2, -0.15) is 13.2 Å². The van der Waals surface area contributed by atoms with Crippen molar-refractivity contribution in [3.05, 3.63) is 87.2 Å². The van der Waals surface area contributed by atoms with Gasteiger partial charge in [0, 0.05) is 25.0 Å². The molecule has 3 heterocycles. The summed E-state index contributed by atoms with van der Waals surface area (Å²) in [6.45, 7) is 2.07. The van der Waals surface area contributed by atoms with Crippen molar-refractivity contribution < 1.29 is 18.0 Å². The van der Waals surface area contributed by atoms with Gasteiger partial charge >= 0.3 is 11.9 Å². The molecule has 1 aliphatic carbocycles. The zero-order chi connectivity index (χ0) is 27.0. The van der Waals surface area contributed by atoms with Crippen LogP contribution in [0.3, 0.4) is 0 Å².